The quantitative estimate of drug-likeness (QED) is 0.713. The lowest BCUT2D eigenvalue weighted by atomic mass is 9.75. The van der Waals surface area contributed by atoms with E-state index in [4.69, 9.17) is 0 Å². The predicted molar refractivity (Wildman–Crippen MR) is 120 cm³/mol. The highest BCUT2D eigenvalue weighted by Crippen LogP contribution is 2.36. The Morgan fingerprint density at radius 2 is 1.77 bits per heavy atom. The molecular weight excluding hydrogens is 394 g/mol. The SMILES string of the molecule is OCC1(Cc2ccc(F)cc2F)CCCN(C2CCN(CCc3ccccc3)CC2)C1. The number of aliphatic hydroxyl groups excluding tert-OH is 1. The highest BCUT2D eigenvalue weighted by atomic mass is 19.1. The van der Waals surface area contributed by atoms with Crippen LogP contribution in [-0.4, -0.2) is 60.3 Å². The molecule has 0 aliphatic carbocycles. The lowest BCUT2D eigenvalue weighted by Gasteiger charge is -2.47. The van der Waals surface area contributed by atoms with Crippen LogP contribution >= 0.6 is 0 Å². The molecular formula is C26H34F2N2O. The van der Waals surface area contributed by atoms with Gasteiger partial charge in [0.25, 0.3) is 0 Å². The number of piperidine rings is 2. The van der Waals surface area contributed by atoms with E-state index in [1.54, 1.807) is 0 Å². The molecule has 0 saturated carbocycles. The zero-order valence-electron chi connectivity index (χ0n) is 18.3. The Balaban J connectivity index is 1.31. The molecule has 0 radical (unpaired) electrons. The summed E-state index contributed by atoms with van der Waals surface area (Å²) in [7, 11) is 0. The number of nitrogens with zero attached hydrogens (tertiary/aromatic N) is 2. The Bertz CT molecular complexity index is 839. The second kappa shape index (κ2) is 10.2. The minimum Gasteiger partial charge on any atom is -0.396 e. The standard InChI is InChI=1S/C26H34F2N2O/c27-23-8-7-22(25(28)17-23)18-26(20-31)12-4-13-30(19-26)24-10-15-29(16-11-24)14-9-21-5-2-1-3-6-21/h1-3,5-8,17,24,31H,4,9-16,18-20H2. The topological polar surface area (TPSA) is 26.7 Å². The molecule has 2 aliphatic rings. The first kappa shape index (κ1) is 22.4. The molecule has 2 saturated heterocycles. The van der Waals surface area contributed by atoms with E-state index < -0.39 is 11.6 Å². The minimum atomic E-state index is -0.552. The van der Waals surface area contributed by atoms with E-state index in [1.165, 1.54) is 17.7 Å². The van der Waals surface area contributed by atoms with Gasteiger partial charge in [0.1, 0.15) is 11.6 Å². The molecule has 2 aliphatic heterocycles. The van der Waals surface area contributed by atoms with E-state index in [2.05, 4.69) is 40.1 Å². The molecule has 0 spiro atoms. The number of halogens is 2. The Kier molecular flexibility index (Phi) is 7.36. The van der Waals surface area contributed by atoms with Gasteiger partial charge in [-0.25, -0.2) is 8.78 Å². The Morgan fingerprint density at radius 3 is 2.48 bits per heavy atom. The van der Waals surface area contributed by atoms with Crippen molar-refractivity contribution in [2.24, 2.45) is 5.41 Å². The van der Waals surface area contributed by atoms with Gasteiger partial charge in [-0.2, -0.15) is 0 Å². The lowest BCUT2D eigenvalue weighted by molar-refractivity contribution is -0.00306. The molecule has 2 fully saturated rings. The third kappa shape index (κ3) is 5.71. The third-order valence-electron chi connectivity index (χ3n) is 7.24. The van der Waals surface area contributed by atoms with E-state index >= 15 is 0 Å². The van der Waals surface area contributed by atoms with Crippen molar-refractivity contribution in [3.63, 3.8) is 0 Å². The minimum absolute atomic E-state index is 0.0379. The van der Waals surface area contributed by atoms with E-state index in [-0.39, 0.29) is 12.0 Å². The van der Waals surface area contributed by atoms with Gasteiger partial charge in [-0.3, -0.25) is 4.90 Å². The molecule has 1 atom stereocenters. The Morgan fingerprint density at radius 1 is 1.00 bits per heavy atom. The second-order valence-corrected chi connectivity index (χ2v) is 9.45. The van der Waals surface area contributed by atoms with Gasteiger partial charge < -0.3 is 10.0 Å². The predicted octanol–water partition coefficient (Wildman–Crippen LogP) is 4.29. The van der Waals surface area contributed by atoms with Crippen LogP contribution < -0.4 is 0 Å². The van der Waals surface area contributed by atoms with Crippen LogP contribution in [0.4, 0.5) is 8.78 Å². The monoisotopic (exact) mass is 428 g/mol. The maximum Gasteiger partial charge on any atom is 0.129 e. The molecule has 3 nitrogen and oxygen atoms in total. The van der Waals surface area contributed by atoms with Crippen LogP contribution in [0.25, 0.3) is 0 Å². The van der Waals surface area contributed by atoms with Crippen LogP contribution in [0, 0.1) is 17.0 Å². The fraction of sp³-hybridized carbons (Fsp3) is 0.538. The lowest BCUT2D eigenvalue weighted by Crippen LogP contribution is -2.53. The smallest absolute Gasteiger partial charge is 0.129 e. The van der Waals surface area contributed by atoms with E-state index in [0.717, 1.165) is 70.9 Å². The molecule has 0 bridgehead atoms. The number of hydrogen-bond acceptors (Lipinski definition) is 3. The summed E-state index contributed by atoms with van der Waals surface area (Å²) in [5.41, 5.74) is 1.55. The number of likely N-dealkylation sites (tertiary alicyclic amines) is 2. The summed E-state index contributed by atoms with van der Waals surface area (Å²) in [5, 5.41) is 10.3. The largest absolute Gasteiger partial charge is 0.396 e. The van der Waals surface area contributed by atoms with Gasteiger partial charge in [0.15, 0.2) is 0 Å². The van der Waals surface area contributed by atoms with Gasteiger partial charge in [0.2, 0.25) is 0 Å². The molecule has 4 rings (SSSR count). The van der Waals surface area contributed by atoms with Crippen molar-refractivity contribution < 1.29 is 13.9 Å². The fourth-order valence-corrected chi connectivity index (χ4v) is 5.40. The Labute approximate surface area is 184 Å². The molecule has 1 unspecified atom stereocenters. The van der Waals surface area contributed by atoms with Gasteiger partial charge in [0.05, 0.1) is 6.61 Å². The Hall–Kier alpha value is -1.82. The summed E-state index contributed by atoms with van der Waals surface area (Å²) in [4.78, 5) is 5.08. The number of benzene rings is 2. The van der Waals surface area contributed by atoms with E-state index in [0.29, 0.717) is 18.0 Å². The number of aliphatic hydroxyl groups is 1. The second-order valence-electron chi connectivity index (χ2n) is 9.45. The summed E-state index contributed by atoms with van der Waals surface area (Å²) in [6, 6.07) is 15.0. The molecule has 31 heavy (non-hydrogen) atoms. The molecule has 0 amide bonds. The van der Waals surface area contributed by atoms with Gasteiger partial charge >= 0.3 is 0 Å². The number of hydrogen-bond donors (Lipinski definition) is 1. The van der Waals surface area contributed by atoms with Crippen LogP contribution in [-0.2, 0) is 12.8 Å². The first-order valence-corrected chi connectivity index (χ1v) is 11.6. The molecule has 2 heterocycles. The average Bonchev–Trinajstić information content (AvgIpc) is 2.81. The zero-order chi connectivity index (χ0) is 21.7. The first-order valence-electron chi connectivity index (χ1n) is 11.6. The summed E-state index contributed by atoms with van der Waals surface area (Å²) >= 11 is 0. The first-order chi connectivity index (χ1) is 15.1. The normalized spacial score (nSPS) is 23.8. The molecule has 2 aromatic rings. The van der Waals surface area contributed by atoms with Crippen molar-refractivity contribution in [1.82, 2.24) is 9.80 Å². The highest BCUT2D eigenvalue weighted by molar-refractivity contribution is 5.21. The molecule has 168 valence electrons. The van der Waals surface area contributed by atoms with Crippen molar-refractivity contribution in [3.05, 3.63) is 71.3 Å². The maximum absolute atomic E-state index is 14.3. The summed E-state index contributed by atoms with van der Waals surface area (Å²) < 4.78 is 27.6. The van der Waals surface area contributed by atoms with Gasteiger partial charge in [0, 0.05) is 30.6 Å². The summed E-state index contributed by atoms with van der Waals surface area (Å²) in [6.45, 7) is 5.17. The van der Waals surface area contributed by atoms with Crippen LogP contribution in [0.15, 0.2) is 48.5 Å². The summed E-state index contributed by atoms with van der Waals surface area (Å²) in [6.07, 6.45) is 5.72. The highest BCUT2D eigenvalue weighted by Gasteiger charge is 2.38. The van der Waals surface area contributed by atoms with Crippen molar-refractivity contribution in [2.45, 2.75) is 44.6 Å². The van der Waals surface area contributed by atoms with Crippen LogP contribution in [0.2, 0.25) is 0 Å². The average molecular weight is 429 g/mol. The van der Waals surface area contributed by atoms with Crippen molar-refractivity contribution in [3.8, 4) is 0 Å². The molecule has 1 N–H and O–H groups in total. The van der Waals surface area contributed by atoms with Crippen molar-refractivity contribution in [2.75, 3.05) is 39.3 Å². The number of rotatable bonds is 7. The molecule has 2 aromatic carbocycles. The molecule has 0 aromatic heterocycles. The summed E-state index contributed by atoms with van der Waals surface area (Å²) in [5.74, 6) is -1.06. The van der Waals surface area contributed by atoms with Crippen molar-refractivity contribution >= 4 is 0 Å². The van der Waals surface area contributed by atoms with E-state index in [9.17, 15) is 13.9 Å². The van der Waals surface area contributed by atoms with Crippen LogP contribution in [0.1, 0.15) is 36.8 Å². The third-order valence-corrected chi connectivity index (χ3v) is 7.24. The van der Waals surface area contributed by atoms with Crippen LogP contribution in [0.5, 0.6) is 0 Å². The van der Waals surface area contributed by atoms with E-state index in [1.807, 2.05) is 0 Å². The molecule has 5 heteroatoms. The van der Waals surface area contributed by atoms with Crippen molar-refractivity contribution in [1.29, 1.82) is 0 Å². The van der Waals surface area contributed by atoms with Crippen LogP contribution in [0.3, 0.4) is 0 Å². The fourth-order valence-electron chi connectivity index (χ4n) is 5.40. The zero-order valence-corrected chi connectivity index (χ0v) is 18.3. The van der Waals surface area contributed by atoms with Gasteiger partial charge in [-0.1, -0.05) is 36.4 Å². The maximum atomic E-state index is 14.3. The van der Waals surface area contributed by atoms with Gasteiger partial charge in [-0.15, -0.1) is 0 Å². The van der Waals surface area contributed by atoms with Gasteiger partial charge in [-0.05, 0) is 75.4 Å².